The largest absolute Gasteiger partial charge is 0.390 e. The Morgan fingerprint density at radius 2 is 2.12 bits per heavy atom. The Kier molecular flexibility index (Phi) is 4.22. The van der Waals surface area contributed by atoms with Crippen LogP contribution in [-0.4, -0.2) is 36.6 Å². The van der Waals surface area contributed by atoms with Gasteiger partial charge in [0.1, 0.15) is 0 Å². The molecule has 3 nitrogen and oxygen atoms in total. The van der Waals surface area contributed by atoms with E-state index in [0.717, 1.165) is 32.3 Å². The lowest BCUT2D eigenvalue weighted by Gasteiger charge is -2.37. The fourth-order valence-electron chi connectivity index (χ4n) is 3.06. The van der Waals surface area contributed by atoms with E-state index in [0.29, 0.717) is 18.4 Å². The summed E-state index contributed by atoms with van der Waals surface area (Å²) in [5, 5.41) is 10.0. The zero-order valence-electron chi connectivity index (χ0n) is 10.4. The summed E-state index contributed by atoms with van der Waals surface area (Å²) in [5.74, 6) is 1.08. The number of aliphatic hydroxyl groups excluding tert-OH is 1. The van der Waals surface area contributed by atoms with E-state index >= 15 is 0 Å². The minimum Gasteiger partial charge on any atom is -0.390 e. The van der Waals surface area contributed by atoms with Crippen molar-refractivity contribution < 1.29 is 14.6 Å². The summed E-state index contributed by atoms with van der Waals surface area (Å²) in [5.41, 5.74) is 0. The van der Waals surface area contributed by atoms with Crippen molar-refractivity contribution >= 4 is 0 Å². The van der Waals surface area contributed by atoms with Gasteiger partial charge in [0.25, 0.3) is 0 Å². The lowest BCUT2D eigenvalue weighted by atomic mass is 9.79. The molecule has 0 aromatic rings. The second kappa shape index (κ2) is 5.48. The van der Waals surface area contributed by atoms with Gasteiger partial charge in [0.2, 0.25) is 0 Å². The van der Waals surface area contributed by atoms with Crippen LogP contribution in [0, 0.1) is 11.8 Å². The normalized spacial score (nSPS) is 44.8. The van der Waals surface area contributed by atoms with Crippen molar-refractivity contribution in [1.29, 1.82) is 0 Å². The highest BCUT2D eigenvalue weighted by Gasteiger charge is 2.34. The van der Waals surface area contributed by atoms with Gasteiger partial charge in [-0.1, -0.05) is 13.8 Å². The third kappa shape index (κ3) is 2.96. The molecule has 16 heavy (non-hydrogen) atoms. The summed E-state index contributed by atoms with van der Waals surface area (Å²) in [7, 11) is 0. The van der Waals surface area contributed by atoms with E-state index in [2.05, 4.69) is 13.8 Å². The van der Waals surface area contributed by atoms with Crippen molar-refractivity contribution in [2.45, 2.75) is 57.8 Å². The molecule has 2 rings (SSSR count). The van der Waals surface area contributed by atoms with Crippen LogP contribution in [-0.2, 0) is 9.47 Å². The maximum absolute atomic E-state index is 10.0. The molecule has 2 fully saturated rings. The smallest absolute Gasteiger partial charge is 0.0860 e. The average molecular weight is 228 g/mol. The van der Waals surface area contributed by atoms with Crippen LogP contribution in [0.15, 0.2) is 0 Å². The minimum absolute atomic E-state index is 0.0143. The molecule has 1 saturated carbocycles. The van der Waals surface area contributed by atoms with Crippen LogP contribution in [0.1, 0.15) is 39.5 Å². The van der Waals surface area contributed by atoms with Gasteiger partial charge in [-0.25, -0.2) is 0 Å². The topological polar surface area (TPSA) is 38.7 Å². The molecular weight excluding hydrogens is 204 g/mol. The zero-order valence-corrected chi connectivity index (χ0v) is 10.4. The summed E-state index contributed by atoms with van der Waals surface area (Å²) in [6.45, 7) is 5.91. The van der Waals surface area contributed by atoms with Gasteiger partial charge in [-0.2, -0.15) is 0 Å². The van der Waals surface area contributed by atoms with Crippen LogP contribution < -0.4 is 0 Å². The van der Waals surface area contributed by atoms with Gasteiger partial charge < -0.3 is 14.6 Å². The summed E-state index contributed by atoms with van der Waals surface area (Å²) >= 11 is 0. The first-order valence-corrected chi connectivity index (χ1v) is 6.58. The lowest BCUT2D eigenvalue weighted by Crippen LogP contribution is -2.42. The van der Waals surface area contributed by atoms with E-state index in [1.807, 2.05) is 0 Å². The van der Waals surface area contributed by atoms with Crippen molar-refractivity contribution in [2.24, 2.45) is 11.8 Å². The van der Waals surface area contributed by atoms with Gasteiger partial charge in [0.15, 0.2) is 0 Å². The summed E-state index contributed by atoms with van der Waals surface area (Å²) in [6, 6.07) is 0. The first kappa shape index (κ1) is 12.3. The van der Waals surface area contributed by atoms with Crippen molar-refractivity contribution in [3.8, 4) is 0 Å². The van der Waals surface area contributed by atoms with E-state index in [-0.39, 0.29) is 18.3 Å². The minimum atomic E-state index is -0.292. The van der Waals surface area contributed by atoms with Crippen LogP contribution in [0.2, 0.25) is 0 Å². The fraction of sp³-hybridized carbons (Fsp3) is 1.00. The Hall–Kier alpha value is -0.120. The summed E-state index contributed by atoms with van der Waals surface area (Å²) in [6.07, 6.45) is 4.27. The third-order valence-corrected chi connectivity index (χ3v) is 3.86. The SMILES string of the molecule is CC1CC(C)C(OCC2CCCO2)C(O)C1. The average Bonchev–Trinajstić information content (AvgIpc) is 2.68. The Balaban J connectivity index is 1.78. The van der Waals surface area contributed by atoms with Gasteiger partial charge in [-0.05, 0) is 37.5 Å². The van der Waals surface area contributed by atoms with Gasteiger partial charge in [0, 0.05) is 6.61 Å². The summed E-state index contributed by atoms with van der Waals surface area (Å²) in [4.78, 5) is 0. The van der Waals surface area contributed by atoms with Crippen molar-refractivity contribution in [1.82, 2.24) is 0 Å². The van der Waals surface area contributed by atoms with Gasteiger partial charge >= 0.3 is 0 Å². The Morgan fingerprint density at radius 1 is 1.31 bits per heavy atom. The molecule has 3 heteroatoms. The molecule has 2 aliphatic rings. The Morgan fingerprint density at radius 3 is 2.75 bits per heavy atom. The molecule has 0 aromatic carbocycles. The molecule has 5 atom stereocenters. The third-order valence-electron chi connectivity index (χ3n) is 3.86. The van der Waals surface area contributed by atoms with E-state index in [1.54, 1.807) is 0 Å². The van der Waals surface area contributed by atoms with E-state index in [1.165, 1.54) is 0 Å². The second-order valence-corrected chi connectivity index (χ2v) is 5.55. The molecule has 94 valence electrons. The van der Waals surface area contributed by atoms with Crippen LogP contribution in [0.25, 0.3) is 0 Å². The molecule has 1 saturated heterocycles. The summed E-state index contributed by atoms with van der Waals surface area (Å²) < 4.78 is 11.4. The highest BCUT2D eigenvalue weighted by molar-refractivity contribution is 4.84. The molecule has 0 bridgehead atoms. The molecule has 5 unspecified atom stereocenters. The zero-order chi connectivity index (χ0) is 11.5. The molecule has 1 aliphatic carbocycles. The highest BCUT2D eigenvalue weighted by Crippen LogP contribution is 2.31. The second-order valence-electron chi connectivity index (χ2n) is 5.55. The Bertz CT molecular complexity index is 201. The maximum Gasteiger partial charge on any atom is 0.0860 e. The molecule has 0 aromatic heterocycles. The van der Waals surface area contributed by atoms with E-state index in [4.69, 9.17) is 9.47 Å². The Labute approximate surface area is 98.1 Å². The molecule has 1 aliphatic heterocycles. The van der Waals surface area contributed by atoms with E-state index < -0.39 is 0 Å². The first-order valence-electron chi connectivity index (χ1n) is 6.58. The number of hydrogen-bond acceptors (Lipinski definition) is 3. The predicted molar refractivity (Wildman–Crippen MR) is 62.3 cm³/mol. The van der Waals surface area contributed by atoms with Crippen LogP contribution >= 0.6 is 0 Å². The molecule has 1 heterocycles. The number of rotatable bonds is 3. The quantitative estimate of drug-likeness (QED) is 0.802. The number of ether oxygens (including phenoxy) is 2. The monoisotopic (exact) mass is 228 g/mol. The van der Waals surface area contributed by atoms with Crippen LogP contribution in [0.3, 0.4) is 0 Å². The molecular formula is C13H24O3. The number of hydrogen-bond donors (Lipinski definition) is 1. The first-order chi connectivity index (χ1) is 7.66. The van der Waals surface area contributed by atoms with E-state index in [9.17, 15) is 5.11 Å². The fourth-order valence-corrected chi connectivity index (χ4v) is 3.06. The highest BCUT2D eigenvalue weighted by atomic mass is 16.5. The van der Waals surface area contributed by atoms with Crippen molar-refractivity contribution in [2.75, 3.05) is 13.2 Å². The van der Waals surface area contributed by atoms with Gasteiger partial charge in [0.05, 0.1) is 24.9 Å². The van der Waals surface area contributed by atoms with Crippen molar-refractivity contribution in [3.63, 3.8) is 0 Å². The molecule has 0 spiro atoms. The van der Waals surface area contributed by atoms with Crippen LogP contribution in [0.4, 0.5) is 0 Å². The maximum atomic E-state index is 10.0. The van der Waals surface area contributed by atoms with Gasteiger partial charge in [-0.15, -0.1) is 0 Å². The molecule has 1 N–H and O–H groups in total. The molecule has 0 radical (unpaired) electrons. The van der Waals surface area contributed by atoms with Crippen molar-refractivity contribution in [3.05, 3.63) is 0 Å². The predicted octanol–water partition coefficient (Wildman–Crippen LogP) is 1.98. The van der Waals surface area contributed by atoms with Gasteiger partial charge in [-0.3, -0.25) is 0 Å². The standard InChI is InChI=1S/C13H24O3/c1-9-6-10(2)13(12(14)7-9)16-8-11-4-3-5-15-11/h9-14H,3-8H2,1-2H3. The lowest BCUT2D eigenvalue weighted by molar-refractivity contribution is -0.115. The molecule has 0 amide bonds. The van der Waals surface area contributed by atoms with Crippen LogP contribution in [0.5, 0.6) is 0 Å². The number of aliphatic hydroxyl groups is 1.